The highest BCUT2D eigenvalue weighted by Gasteiger charge is 2.29. The van der Waals surface area contributed by atoms with Gasteiger partial charge in [0.05, 0.1) is 0 Å². The van der Waals surface area contributed by atoms with E-state index in [2.05, 4.69) is 5.16 Å². The number of nitrogens with zero attached hydrogens (tertiary/aromatic N) is 2. The van der Waals surface area contributed by atoms with Crippen LogP contribution >= 0.6 is 0 Å². The minimum atomic E-state index is -3.45. The van der Waals surface area contributed by atoms with Gasteiger partial charge in [0.15, 0.2) is 20.6 Å². The van der Waals surface area contributed by atoms with Crippen LogP contribution in [0.4, 0.5) is 11.7 Å². The molecule has 0 spiro atoms. The molecular weight excluding hydrogens is 244 g/mol. The minimum Gasteiger partial charge on any atom is -0.366 e. The predicted octanol–water partition coefficient (Wildman–Crippen LogP) is -0.412. The quantitative estimate of drug-likeness (QED) is 0.742. The second-order valence-corrected chi connectivity index (χ2v) is 6.27. The van der Waals surface area contributed by atoms with Crippen LogP contribution in [0, 0.1) is 0 Å². The Morgan fingerprint density at radius 3 is 2.82 bits per heavy atom. The molecule has 17 heavy (non-hydrogen) atoms. The molecule has 2 heterocycles. The maximum absolute atomic E-state index is 11.6. The van der Waals surface area contributed by atoms with Crippen molar-refractivity contribution in [3.8, 4) is 0 Å². The maximum atomic E-state index is 11.6. The summed E-state index contributed by atoms with van der Waals surface area (Å²) < 4.78 is 28.0. The smallest absolute Gasteiger partial charge is 0.243 e. The van der Waals surface area contributed by atoms with E-state index < -0.39 is 9.84 Å². The Hall–Kier alpha value is -1.28. The molecular formula is C9H16N4O3S. The van der Waals surface area contributed by atoms with Crippen molar-refractivity contribution >= 4 is 21.5 Å². The fourth-order valence-corrected chi connectivity index (χ4v) is 2.94. The molecule has 0 aliphatic carbocycles. The SMILES string of the molecule is CS(=O)(=O)c1c(N2CCCC(N)C2)noc1N. The molecule has 7 nitrogen and oxygen atoms in total. The monoisotopic (exact) mass is 260 g/mol. The van der Waals surface area contributed by atoms with Crippen LogP contribution in [0.5, 0.6) is 0 Å². The molecule has 0 bridgehead atoms. The molecule has 1 aliphatic rings. The normalized spacial score (nSPS) is 21.8. The van der Waals surface area contributed by atoms with Crippen molar-refractivity contribution in [3.05, 3.63) is 0 Å². The van der Waals surface area contributed by atoms with Gasteiger partial charge in [-0.3, -0.25) is 0 Å². The summed E-state index contributed by atoms with van der Waals surface area (Å²) in [6.07, 6.45) is 2.92. The minimum absolute atomic E-state index is 0.0223. The Labute approximate surface area is 99.6 Å². The lowest BCUT2D eigenvalue weighted by Gasteiger charge is -2.30. The number of aromatic nitrogens is 1. The van der Waals surface area contributed by atoms with Gasteiger partial charge in [0.25, 0.3) is 0 Å². The van der Waals surface area contributed by atoms with E-state index in [1.807, 2.05) is 4.90 Å². The number of piperidine rings is 1. The van der Waals surface area contributed by atoms with Gasteiger partial charge in [-0.05, 0) is 12.8 Å². The molecule has 0 saturated carbocycles. The van der Waals surface area contributed by atoms with Crippen molar-refractivity contribution in [3.63, 3.8) is 0 Å². The maximum Gasteiger partial charge on any atom is 0.243 e. The number of anilines is 2. The highest BCUT2D eigenvalue weighted by molar-refractivity contribution is 7.91. The number of nitrogens with two attached hydrogens (primary N) is 2. The number of hydrogen-bond donors (Lipinski definition) is 2. The molecule has 1 saturated heterocycles. The Balaban J connectivity index is 2.39. The zero-order chi connectivity index (χ0) is 12.6. The van der Waals surface area contributed by atoms with Gasteiger partial charge in [-0.1, -0.05) is 5.16 Å². The zero-order valence-electron chi connectivity index (χ0n) is 9.59. The summed E-state index contributed by atoms with van der Waals surface area (Å²) in [5.74, 6) is 0.113. The molecule has 1 aromatic heterocycles. The van der Waals surface area contributed by atoms with Crippen LogP contribution in [0.2, 0.25) is 0 Å². The van der Waals surface area contributed by atoms with E-state index in [9.17, 15) is 8.42 Å². The molecule has 1 aromatic rings. The van der Waals surface area contributed by atoms with Gasteiger partial charge in [0, 0.05) is 25.4 Å². The van der Waals surface area contributed by atoms with Crippen LogP contribution in [-0.2, 0) is 9.84 Å². The largest absolute Gasteiger partial charge is 0.366 e. The lowest BCUT2D eigenvalue weighted by Crippen LogP contribution is -2.43. The first-order valence-corrected chi connectivity index (χ1v) is 7.24. The van der Waals surface area contributed by atoms with Gasteiger partial charge in [-0.2, -0.15) is 0 Å². The van der Waals surface area contributed by atoms with Crippen molar-refractivity contribution in [1.82, 2.24) is 5.16 Å². The Bertz CT molecular complexity index is 510. The summed E-state index contributed by atoms with van der Waals surface area (Å²) in [5, 5.41) is 3.73. The van der Waals surface area contributed by atoms with Crippen LogP contribution in [-0.4, -0.2) is 39.0 Å². The first kappa shape index (κ1) is 12.2. The Morgan fingerprint density at radius 2 is 2.24 bits per heavy atom. The number of sulfone groups is 1. The fourth-order valence-electron chi connectivity index (χ4n) is 2.04. The van der Waals surface area contributed by atoms with E-state index in [4.69, 9.17) is 16.0 Å². The molecule has 8 heteroatoms. The Morgan fingerprint density at radius 1 is 1.53 bits per heavy atom. The Kier molecular flexibility index (Phi) is 3.00. The standard InChI is InChI=1S/C9H16N4O3S/c1-17(14,15)7-8(11)16-12-9(7)13-4-2-3-6(10)5-13/h6H,2-5,10-11H2,1H3. The molecule has 0 radical (unpaired) electrons. The van der Waals surface area contributed by atoms with Crippen molar-refractivity contribution in [2.45, 2.75) is 23.8 Å². The van der Waals surface area contributed by atoms with E-state index in [1.165, 1.54) is 0 Å². The molecule has 2 rings (SSSR count). The number of nitrogen functional groups attached to an aromatic ring is 1. The summed E-state index contributed by atoms with van der Waals surface area (Å²) in [6, 6.07) is 0.0223. The number of hydrogen-bond acceptors (Lipinski definition) is 7. The van der Waals surface area contributed by atoms with Crippen molar-refractivity contribution in [2.24, 2.45) is 5.73 Å². The van der Waals surface area contributed by atoms with Crippen molar-refractivity contribution in [2.75, 3.05) is 30.0 Å². The van der Waals surface area contributed by atoms with E-state index in [0.717, 1.165) is 19.1 Å². The third kappa shape index (κ3) is 2.37. The van der Waals surface area contributed by atoms with Gasteiger partial charge in [-0.25, -0.2) is 8.42 Å². The average Bonchev–Trinajstić information content (AvgIpc) is 2.59. The molecule has 4 N–H and O–H groups in total. The first-order valence-electron chi connectivity index (χ1n) is 5.35. The highest BCUT2D eigenvalue weighted by atomic mass is 32.2. The summed E-state index contributed by atoms with van der Waals surface area (Å²) >= 11 is 0. The lowest BCUT2D eigenvalue weighted by molar-refractivity contribution is 0.427. The molecule has 1 unspecified atom stereocenters. The molecule has 96 valence electrons. The third-order valence-electron chi connectivity index (χ3n) is 2.79. The molecule has 1 fully saturated rings. The fraction of sp³-hybridized carbons (Fsp3) is 0.667. The molecule has 0 aromatic carbocycles. The first-order chi connectivity index (χ1) is 7.89. The van der Waals surface area contributed by atoms with Gasteiger partial charge < -0.3 is 20.9 Å². The van der Waals surface area contributed by atoms with E-state index in [1.54, 1.807) is 0 Å². The summed E-state index contributed by atoms with van der Waals surface area (Å²) in [6.45, 7) is 1.27. The zero-order valence-corrected chi connectivity index (χ0v) is 10.4. The van der Waals surface area contributed by atoms with Crippen LogP contribution in [0.25, 0.3) is 0 Å². The van der Waals surface area contributed by atoms with Crippen molar-refractivity contribution < 1.29 is 12.9 Å². The van der Waals surface area contributed by atoms with Crippen LogP contribution in [0.15, 0.2) is 9.42 Å². The summed E-state index contributed by atoms with van der Waals surface area (Å²) in [4.78, 5) is 1.77. The van der Waals surface area contributed by atoms with E-state index >= 15 is 0 Å². The van der Waals surface area contributed by atoms with Gasteiger partial charge >= 0.3 is 0 Å². The lowest BCUT2D eigenvalue weighted by atomic mass is 10.1. The summed E-state index contributed by atoms with van der Waals surface area (Å²) in [5.41, 5.74) is 11.4. The van der Waals surface area contributed by atoms with E-state index in [-0.39, 0.29) is 22.6 Å². The van der Waals surface area contributed by atoms with Gasteiger partial charge in [0.1, 0.15) is 0 Å². The van der Waals surface area contributed by atoms with Gasteiger partial charge in [0.2, 0.25) is 5.88 Å². The van der Waals surface area contributed by atoms with Crippen LogP contribution in [0.3, 0.4) is 0 Å². The second kappa shape index (κ2) is 4.19. The summed E-state index contributed by atoms with van der Waals surface area (Å²) in [7, 11) is -3.45. The molecule has 1 aliphatic heterocycles. The van der Waals surface area contributed by atoms with E-state index in [0.29, 0.717) is 13.1 Å². The van der Waals surface area contributed by atoms with Gasteiger partial charge in [-0.15, -0.1) is 0 Å². The van der Waals surface area contributed by atoms with Crippen LogP contribution in [0.1, 0.15) is 12.8 Å². The molecule has 1 atom stereocenters. The van der Waals surface area contributed by atoms with Crippen molar-refractivity contribution in [1.29, 1.82) is 0 Å². The second-order valence-electron chi connectivity index (χ2n) is 4.32. The average molecular weight is 260 g/mol. The predicted molar refractivity (Wildman–Crippen MR) is 63.4 cm³/mol. The third-order valence-corrected chi connectivity index (χ3v) is 3.91. The number of rotatable bonds is 2. The topological polar surface area (TPSA) is 115 Å². The highest BCUT2D eigenvalue weighted by Crippen LogP contribution is 2.31. The van der Waals surface area contributed by atoms with Crippen LogP contribution < -0.4 is 16.4 Å². The molecule has 0 amide bonds.